The van der Waals surface area contributed by atoms with E-state index in [-0.39, 0.29) is 5.54 Å². The maximum Gasteiger partial charge on any atom is 0.0438 e. The highest BCUT2D eigenvalue weighted by molar-refractivity contribution is 6.31. The number of aryl methyl sites for hydroxylation is 1. The lowest BCUT2D eigenvalue weighted by Crippen LogP contribution is -2.43. The molecule has 1 aromatic carbocycles. The lowest BCUT2D eigenvalue weighted by atomic mass is 9.83. The molecule has 1 heterocycles. The minimum atomic E-state index is 0.0294. The minimum absolute atomic E-state index is 0.0294. The zero-order valence-corrected chi connectivity index (χ0v) is 17.4. The second-order valence-electron chi connectivity index (χ2n) is 8.18. The van der Waals surface area contributed by atoms with Gasteiger partial charge in [-0.15, -0.1) is 0 Å². The summed E-state index contributed by atoms with van der Waals surface area (Å²) in [6.45, 7) is 15.5. The van der Waals surface area contributed by atoms with Gasteiger partial charge in [0.1, 0.15) is 0 Å². The molecule has 2 heteroatoms. The van der Waals surface area contributed by atoms with Crippen molar-refractivity contribution in [1.29, 1.82) is 0 Å². The van der Waals surface area contributed by atoms with E-state index in [0.717, 1.165) is 23.4 Å². The Kier molecular flexibility index (Phi) is 6.79. The van der Waals surface area contributed by atoms with E-state index in [0.29, 0.717) is 5.92 Å². The van der Waals surface area contributed by atoms with Crippen LogP contribution in [0.25, 0.3) is 5.70 Å². The predicted octanol–water partition coefficient (Wildman–Crippen LogP) is 7.08. The molecular weight excluding hydrogens is 326 g/mol. The number of rotatable bonds is 7. The normalized spacial score (nSPS) is 18.6. The zero-order chi connectivity index (χ0) is 18.6. The molecule has 0 aromatic heterocycles. The molecule has 1 atom stereocenters. The number of nitrogens with one attached hydrogen (secondary N) is 1. The first kappa shape index (κ1) is 20.1. The van der Waals surface area contributed by atoms with E-state index >= 15 is 0 Å². The molecule has 138 valence electrons. The van der Waals surface area contributed by atoms with Crippen LogP contribution in [0.4, 0.5) is 0 Å². The van der Waals surface area contributed by atoms with Crippen LogP contribution in [0.15, 0.2) is 30.4 Å². The summed E-state index contributed by atoms with van der Waals surface area (Å²) in [6, 6.07) is 4.36. The summed E-state index contributed by atoms with van der Waals surface area (Å²) in [5.74, 6) is 0.572. The molecule has 0 amide bonds. The number of hydrogen-bond donors (Lipinski definition) is 1. The van der Waals surface area contributed by atoms with Crippen molar-refractivity contribution < 1.29 is 0 Å². The third-order valence-electron chi connectivity index (χ3n) is 5.28. The SMILES string of the molecule is C=C(/C=C1\NC(C)(C)Cc2cc(Cl)c(C)cc21)C(CC)CCCCC. The minimum Gasteiger partial charge on any atom is -0.379 e. The van der Waals surface area contributed by atoms with Crippen LogP contribution in [-0.2, 0) is 6.42 Å². The third-order valence-corrected chi connectivity index (χ3v) is 5.69. The van der Waals surface area contributed by atoms with Gasteiger partial charge in [0.25, 0.3) is 0 Å². The summed E-state index contributed by atoms with van der Waals surface area (Å²) in [6.07, 6.45) is 9.54. The van der Waals surface area contributed by atoms with E-state index < -0.39 is 0 Å². The molecule has 1 aliphatic heterocycles. The summed E-state index contributed by atoms with van der Waals surface area (Å²) in [4.78, 5) is 0. The van der Waals surface area contributed by atoms with E-state index in [4.69, 9.17) is 11.6 Å². The molecule has 1 aliphatic rings. The summed E-state index contributed by atoms with van der Waals surface area (Å²) < 4.78 is 0. The van der Waals surface area contributed by atoms with Crippen LogP contribution >= 0.6 is 11.6 Å². The molecule has 1 N–H and O–H groups in total. The lowest BCUT2D eigenvalue weighted by molar-refractivity contribution is 0.436. The summed E-state index contributed by atoms with van der Waals surface area (Å²) in [7, 11) is 0. The van der Waals surface area contributed by atoms with Gasteiger partial charge in [-0.1, -0.05) is 56.9 Å². The van der Waals surface area contributed by atoms with Gasteiger partial charge in [-0.05, 0) is 75.3 Å². The van der Waals surface area contributed by atoms with Crippen molar-refractivity contribution in [2.45, 2.75) is 78.7 Å². The van der Waals surface area contributed by atoms with Gasteiger partial charge in [-0.25, -0.2) is 0 Å². The molecule has 25 heavy (non-hydrogen) atoms. The van der Waals surface area contributed by atoms with Crippen molar-refractivity contribution in [1.82, 2.24) is 5.32 Å². The molecule has 1 nitrogen and oxygen atoms in total. The quantitative estimate of drug-likeness (QED) is 0.513. The third kappa shape index (κ3) is 5.14. The number of halogens is 1. The molecule has 0 saturated carbocycles. The topological polar surface area (TPSA) is 12.0 Å². The van der Waals surface area contributed by atoms with E-state index in [1.807, 2.05) is 0 Å². The maximum absolute atomic E-state index is 6.38. The summed E-state index contributed by atoms with van der Waals surface area (Å²) in [5, 5.41) is 4.59. The highest BCUT2D eigenvalue weighted by atomic mass is 35.5. The first-order chi connectivity index (χ1) is 11.8. The van der Waals surface area contributed by atoms with E-state index in [1.165, 1.54) is 48.1 Å². The largest absolute Gasteiger partial charge is 0.379 e. The smallest absolute Gasteiger partial charge is 0.0438 e. The summed E-state index contributed by atoms with van der Waals surface area (Å²) in [5.41, 5.74) is 6.22. The number of benzene rings is 1. The van der Waals surface area contributed by atoms with Crippen molar-refractivity contribution in [2.24, 2.45) is 5.92 Å². The number of hydrogen-bond acceptors (Lipinski definition) is 1. The second-order valence-corrected chi connectivity index (χ2v) is 8.59. The van der Waals surface area contributed by atoms with Gasteiger partial charge in [0.05, 0.1) is 0 Å². The average Bonchev–Trinajstić information content (AvgIpc) is 2.52. The number of fused-ring (bicyclic) bond motifs is 1. The fraction of sp³-hybridized carbons (Fsp3) is 0.565. The first-order valence-corrected chi connectivity index (χ1v) is 10.1. The van der Waals surface area contributed by atoms with Crippen molar-refractivity contribution in [2.75, 3.05) is 0 Å². The van der Waals surface area contributed by atoms with Gasteiger partial charge >= 0.3 is 0 Å². The molecule has 1 unspecified atom stereocenters. The standard InChI is InChI=1S/C23H34ClN/c1-7-9-10-11-18(8-2)16(3)13-22-20-12-17(4)21(24)14-19(20)15-23(5,6)25-22/h12-14,18,25H,3,7-11,15H2,1-2,4-6H3/b22-13-. The fourth-order valence-electron chi connectivity index (χ4n) is 3.78. The van der Waals surface area contributed by atoms with Crippen LogP contribution in [-0.4, -0.2) is 5.54 Å². The van der Waals surface area contributed by atoms with Crippen LogP contribution in [0.5, 0.6) is 0 Å². The molecular formula is C23H34ClN. The Bertz CT molecular complexity index is 654. The molecule has 0 fully saturated rings. The molecule has 0 radical (unpaired) electrons. The highest BCUT2D eigenvalue weighted by Crippen LogP contribution is 2.35. The number of unbranched alkanes of at least 4 members (excludes halogenated alkanes) is 2. The van der Waals surface area contributed by atoms with Crippen LogP contribution < -0.4 is 5.32 Å². The monoisotopic (exact) mass is 359 g/mol. The Morgan fingerprint density at radius 3 is 2.68 bits per heavy atom. The Morgan fingerprint density at radius 2 is 2.04 bits per heavy atom. The lowest BCUT2D eigenvalue weighted by Gasteiger charge is -2.36. The molecule has 1 aromatic rings. The molecule has 0 spiro atoms. The zero-order valence-electron chi connectivity index (χ0n) is 16.6. The predicted molar refractivity (Wildman–Crippen MR) is 112 cm³/mol. The van der Waals surface area contributed by atoms with Crippen molar-refractivity contribution in [3.8, 4) is 0 Å². The summed E-state index contributed by atoms with van der Waals surface area (Å²) >= 11 is 6.38. The van der Waals surface area contributed by atoms with E-state index in [2.05, 4.69) is 64.7 Å². The van der Waals surface area contributed by atoms with Crippen LogP contribution in [0, 0.1) is 12.8 Å². The van der Waals surface area contributed by atoms with Crippen molar-refractivity contribution in [3.05, 3.63) is 52.1 Å². The van der Waals surface area contributed by atoms with Gasteiger partial charge in [0.15, 0.2) is 0 Å². The Balaban J connectivity index is 2.32. The maximum atomic E-state index is 6.38. The van der Waals surface area contributed by atoms with Gasteiger partial charge in [-0.2, -0.15) is 0 Å². The second kappa shape index (κ2) is 8.45. The first-order valence-electron chi connectivity index (χ1n) is 9.75. The highest BCUT2D eigenvalue weighted by Gasteiger charge is 2.28. The fourth-order valence-corrected chi connectivity index (χ4v) is 3.97. The van der Waals surface area contributed by atoms with Gasteiger partial charge < -0.3 is 5.32 Å². The average molecular weight is 360 g/mol. The molecule has 0 saturated heterocycles. The van der Waals surface area contributed by atoms with E-state index in [1.54, 1.807) is 0 Å². The van der Waals surface area contributed by atoms with Crippen LogP contribution in [0.3, 0.4) is 0 Å². The van der Waals surface area contributed by atoms with E-state index in [9.17, 15) is 0 Å². The molecule has 2 rings (SSSR count). The Hall–Kier alpha value is -1.21. The number of allylic oxidation sites excluding steroid dienone is 2. The van der Waals surface area contributed by atoms with Gasteiger partial charge in [0.2, 0.25) is 0 Å². The molecule has 0 bridgehead atoms. The van der Waals surface area contributed by atoms with Gasteiger partial charge in [-0.3, -0.25) is 0 Å². The molecule has 0 aliphatic carbocycles. The van der Waals surface area contributed by atoms with Gasteiger partial charge in [0, 0.05) is 21.8 Å². The van der Waals surface area contributed by atoms with Crippen molar-refractivity contribution >= 4 is 17.3 Å². The van der Waals surface area contributed by atoms with Crippen LogP contribution in [0.2, 0.25) is 5.02 Å². The van der Waals surface area contributed by atoms with Crippen LogP contribution in [0.1, 0.15) is 76.5 Å². The Morgan fingerprint density at radius 1 is 1.32 bits per heavy atom. The Labute approximate surface area is 159 Å². The van der Waals surface area contributed by atoms with Crippen molar-refractivity contribution in [3.63, 3.8) is 0 Å².